The van der Waals surface area contributed by atoms with Crippen LogP contribution < -0.4 is 5.32 Å². The average molecular weight is 278 g/mol. The number of halogens is 1. The maximum absolute atomic E-state index is 13.7. The van der Waals surface area contributed by atoms with Crippen LogP contribution in [0.25, 0.3) is 0 Å². The van der Waals surface area contributed by atoms with Crippen molar-refractivity contribution in [3.05, 3.63) is 46.2 Å². The number of aromatic nitrogens is 1. The van der Waals surface area contributed by atoms with Gasteiger partial charge in [-0.15, -0.1) is 11.3 Å². The molecule has 0 spiro atoms. The van der Waals surface area contributed by atoms with Crippen molar-refractivity contribution in [2.75, 3.05) is 5.32 Å². The minimum absolute atomic E-state index is 0.134. The molecule has 1 amide bonds. The van der Waals surface area contributed by atoms with Gasteiger partial charge in [0, 0.05) is 12.3 Å². The van der Waals surface area contributed by atoms with Gasteiger partial charge >= 0.3 is 0 Å². The summed E-state index contributed by atoms with van der Waals surface area (Å²) in [5.41, 5.74) is 2.48. The van der Waals surface area contributed by atoms with Gasteiger partial charge in [0.25, 0.3) is 0 Å². The van der Waals surface area contributed by atoms with E-state index in [1.165, 1.54) is 18.3 Å². The van der Waals surface area contributed by atoms with E-state index in [2.05, 4.69) is 10.3 Å². The molecule has 0 saturated heterocycles. The number of hydrogen-bond donors (Lipinski definition) is 1. The van der Waals surface area contributed by atoms with Crippen molar-refractivity contribution in [3.8, 4) is 0 Å². The van der Waals surface area contributed by atoms with Crippen molar-refractivity contribution in [1.29, 1.82) is 0 Å². The molecule has 5 heteroatoms. The summed E-state index contributed by atoms with van der Waals surface area (Å²) in [4.78, 5) is 15.2. The van der Waals surface area contributed by atoms with Crippen LogP contribution in [0.4, 0.5) is 9.52 Å². The molecule has 0 saturated carbocycles. The topological polar surface area (TPSA) is 42.0 Å². The predicted octanol–water partition coefficient (Wildman–Crippen LogP) is 3.33. The first-order valence-corrected chi connectivity index (χ1v) is 6.89. The normalized spacial score (nSPS) is 10.5. The molecule has 1 aromatic carbocycles. The first-order valence-electron chi connectivity index (χ1n) is 6.01. The molecule has 19 heavy (non-hydrogen) atoms. The van der Waals surface area contributed by atoms with Crippen LogP contribution in [0, 0.1) is 12.7 Å². The van der Waals surface area contributed by atoms with Gasteiger partial charge in [0.2, 0.25) is 5.91 Å². The average Bonchev–Trinajstić information content (AvgIpc) is 2.74. The van der Waals surface area contributed by atoms with Crippen LogP contribution in [0.1, 0.15) is 23.7 Å². The van der Waals surface area contributed by atoms with Gasteiger partial charge in [0.15, 0.2) is 5.13 Å². The lowest BCUT2D eigenvalue weighted by atomic mass is 10.1. The van der Waals surface area contributed by atoms with Crippen molar-refractivity contribution < 1.29 is 9.18 Å². The van der Waals surface area contributed by atoms with Crippen molar-refractivity contribution >= 4 is 22.4 Å². The second-order valence-electron chi connectivity index (χ2n) is 4.42. The number of thiazole rings is 1. The molecular weight excluding hydrogens is 263 g/mol. The molecule has 1 aromatic heterocycles. The molecule has 3 nitrogen and oxygen atoms in total. The van der Waals surface area contributed by atoms with Crippen molar-refractivity contribution in [2.45, 2.75) is 26.7 Å². The minimum atomic E-state index is -0.169. The van der Waals surface area contributed by atoms with Gasteiger partial charge in [-0.05, 0) is 37.0 Å². The minimum Gasteiger partial charge on any atom is -0.302 e. The van der Waals surface area contributed by atoms with Gasteiger partial charge < -0.3 is 5.32 Å². The zero-order chi connectivity index (χ0) is 13.8. The Morgan fingerprint density at radius 3 is 2.89 bits per heavy atom. The first kappa shape index (κ1) is 13.7. The molecule has 0 unspecified atom stereocenters. The van der Waals surface area contributed by atoms with E-state index in [4.69, 9.17) is 0 Å². The van der Waals surface area contributed by atoms with Gasteiger partial charge in [-0.3, -0.25) is 4.79 Å². The number of amides is 1. The number of carbonyl (C=O) groups is 1. The summed E-state index contributed by atoms with van der Waals surface area (Å²) in [6, 6.07) is 5.26. The van der Waals surface area contributed by atoms with Crippen molar-refractivity contribution in [3.63, 3.8) is 0 Å². The molecule has 2 rings (SSSR count). The summed E-state index contributed by atoms with van der Waals surface area (Å²) in [7, 11) is 0. The quantitative estimate of drug-likeness (QED) is 0.932. The molecular formula is C14H15FN2OS. The van der Waals surface area contributed by atoms with E-state index in [0.29, 0.717) is 23.5 Å². The van der Waals surface area contributed by atoms with Gasteiger partial charge in [-0.2, -0.15) is 0 Å². The Hall–Kier alpha value is -1.75. The van der Waals surface area contributed by atoms with Gasteiger partial charge in [-0.25, -0.2) is 9.37 Å². The standard InChI is InChI=1S/C14H15FN2OS/c1-9-3-4-11(13(15)7-9)5-6-12-8-19-14(17-12)16-10(2)18/h3-4,7-8H,5-6H2,1-2H3,(H,16,17,18). The maximum Gasteiger partial charge on any atom is 0.223 e. The monoisotopic (exact) mass is 278 g/mol. The van der Waals surface area contributed by atoms with Crippen LogP contribution >= 0.6 is 11.3 Å². The molecule has 0 aliphatic carbocycles. The lowest BCUT2D eigenvalue weighted by Crippen LogP contribution is -2.05. The van der Waals surface area contributed by atoms with E-state index >= 15 is 0 Å². The summed E-state index contributed by atoms with van der Waals surface area (Å²) in [5.74, 6) is -0.303. The molecule has 0 aliphatic heterocycles. The molecule has 0 bridgehead atoms. The number of rotatable bonds is 4. The lowest BCUT2D eigenvalue weighted by Gasteiger charge is -2.02. The zero-order valence-electron chi connectivity index (χ0n) is 10.9. The summed E-state index contributed by atoms with van der Waals surface area (Å²) in [6.07, 6.45) is 1.27. The second-order valence-corrected chi connectivity index (χ2v) is 5.28. The summed E-state index contributed by atoms with van der Waals surface area (Å²) in [6.45, 7) is 3.32. The SMILES string of the molecule is CC(=O)Nc1nc(CCc2ccc(C)cc2F)cs1. The summed E-state index contributed by atoms with van der Waals surface area (Å²) in [5, 5.41) is 5.11. The third-order valence-electron chi connectivity index (χ3n) is 2.69. The highest BCUT2D eigenvalue weighted by atomic mass is 32.1. The fourth-order valence-electron chi connectivity index (χ4n) is 1.75. The summed E-state index contributed by atoms with van der Waals surface area (Å²) >= 11 is 1.38. The first-order chi connectivity index (χ1) is 9.04. The van der Waals surface area contributed by atoms with E-state index in [-0.39, 0.29) is 11.7 Å². The number of carbonyl (C=O) groups excluding carboxylic acids is 1. The van der Waals surface area contributed by atoms with E-state index in [9.17, 15) is 9.18 Å². The Labute approximate surface area is 115 Å². The third kappa shape index (κ3) is 3.86. The van der Waals surface area contributed by atoms with E-state index in [1.54, 1.807) is 6.07 Å². The van der Waals surface area contributed by atoms with Crippen LogP contribution in [0.15, 0.2) is 23.6 Å². The number of benzene rings is 1. The number of nitrogens with zero attached hydrogens (tertiary/aromatic N) is 1. The molecule has 1 heterocycles. The fourth-order valence-corrected chi connectivity index (χ4v) is 2.54. The smallest absolute Gasteiger partial charge is 0.223 e. The molecule has 2 aromatic rings. The van der Waals surface area contributed by atoms with Gasteiger partial charge in [0.1, 0.15) is 5.82 Å². The zero-order valence-corrected chi connectivity index (χ0v) is 11.7. The Kier molecular flexibility index (Phi) is 4.27. The Balaban J connectivity index is 1.98. The van der Waals surface area contributed by atoms with Crippen LogP contribution in [0.3, 0.4) is 0 Å². The van der Waals surface area contributed by atoms with E-state index in [0.717, 1.165) is 11.3 Å². The highest BCUT2D eigenvalue weighted by Crippen LogP contribution is 2.18. The molecule has 0 atom stereocenters. The number of hydrogen-bond acceptors (Lipinski definition) is 3. The number of nitrogens with one attached hydrogen (secondary N) is 1. The number of anilines is 1. The highest BCUT2D eigenvalue weighted by Gasteiger charge is 2.06. The van der Waals surface area contributed by atoms with Crippen molar-refractivity contribution in [2.24, 2.45) is 0 Å². The third-order valence-corrected chi connectivity index (χ3v) is 3.50. The largest absolute Gasteiger partial charge is 0.302 e. The van der Waals surface area contributed by atoms with Crippen molar-refractivity contribution in [1.82, 2.24) is 4.98 Å². The molecule has 100 valence electrons. The summed E-state index contributed by atoms with van der Waals surface area (Å²) < 4.78 is 13.7. The van der Waals surface area contributed by atoms with Crippen LogP contribution in [0.2, 0.25) is 0 Å². The lowest BCUT2D eigenvalue weighted by molar-refractivity contribution is -0.114. The Morgan fingerprint density at radius 2 is 2.21 bits per heavy atom. The van der Waals surface area contributed by atoms with Crippen LogP contribution in [0.5, 0.6) is 0 Å². The Bertz CT molecular complexity index is 595. The predicted molar refractivity (Wildman–Crippen MR) is 75.0 cm³/mol. The van der Waals surface area contributed by atoms with E-state index < -0.39 is 0 Å². The molecule has 0 fully saturated rings. The van der Waals surface area contributed by atoms with Crippen LogP contribution in [-0.2, 0) is 17.6 Å². The Morgan fingerprint density at radius 1 is 1.42 bits per heavy atom. The second kappa shape index (κ2) is 5.93. The molecule has 0 radical (unpaired) electrons. The fraction of sp³-hybridized carbons (Fsp3) is 0.286. The molecule has 0 aliphatic rings. The van der Waals surface area contributed by atoms with Gasteiger partial charge in [-0.1, -0.05) is 12.1 Å². The van der Waals surface area contributed by atoms with E-state index in [1.807, 2.05) is 24.4 Å². The number of aryl methyl sites for hydroxylation is 3. The van der Waals surface area contributed by atoms with Gasteiger partial charge in [0.05, 0.1) is 5.69 Å². The highest BCUT2D eigenvalue weighted by molar-refractivity contribution is 7.13. The maximum atomic E-state index is 13.7. The van der Waals surface area contributed by atoms with Crippen LogP contribution in [-0.4, -0.2) is 10.9 Å². The molecule has 1 N–H and O–H groups in total.